The number of hydrogen-bond donors (Lipinski definition) is 1. The normalized spacial score (nSPS) is 13.9. The van der Waals surface area contributed by atoms with Crippen LogP contribution in [0.15, 0.2) is 12.1 Å². The van der Waals surface area contributed by atoms with Crippen LogP contribution in [0.25, 0.3) is 0 Å². The topological polar surface area (TPSA) is 20.2 Å². The Morgan fingerprint density at radius 1 is 1.12 bits per heavy atom. The SMILES string of the molecule is Cc1cc(C)c(CC(O)C(Cl)(Cl)Cl)c(C)c1. The van der Waals surface area contributed by atoms with Crippen LogP contribution < -0.4 is 0 Å². The molecule has 1 aromatic carbocycles. The summed E-state index contributed by atoms with van der Waals surface area (Å²) >= 11 is 17.0. The highest BCUT2D eigenvalue weighted by Gasteiger charge is 2.31. The van der Waals surface area contributed by atoms with Gasteiger partial charge in [-0.05, 0) is 37.5 Å². The molecule has 0 aliphatic rings. The summed E-state index contributed by atoms with van der Waals surface area (Å²) in [4.78, 5) is 0. The number of halogens is 3. The van der Waals surface area contributed by atoms with E-state index in [4.69, 9.17) is 34.8 Å². The summed E-state index contributed by atoms with van der Waals surface area (Å²) in [5, 5.41) is 9.76. The van der Waals surface area contributed by atoms with Gasteiger partial charge in [-0.2, -0.15) is 0 Å². The molecule has 0 spiro atoms. The van der Waals surface area contributed by atoms with E-state index in [0.29, 0.717) is 6.42 Å². The van der Waals surface area contributed by atoms with Gasteiger partial charge in [0.1, 0.15) is 6.10 Å². The van der Waals surface area contributed by atoms with E-state index in [-0.39, 0.29) is 0 Å². The maximum absolute atomic E-state index is 9.76. The molecule has 0 fully saturated rings. The van der Waals surface area contributed by atoms with E-state index in [1.807, 2.05) is 20.8 Å². The molecule has 90 valence electrons. The Bertz CT molecular complexity index is 359. The van der Waals surface area contributed by atoms with Gasteiger partial charge in [0, 0.05) is 6.42 Å². The van der Waals surface area contributed by atoms with Crippen molar-refractivity contribution in [2.45, 2.75) is 37.1 Å². The van der Waals surface area contributed by atoms with Gasteiger partial charge in [0.15, 0.2) is 0 Å². The van der Waals surface area contributed by atoms with Crippen LogP contribution in [0.2, 0.25) is 0 Å². The summed E-state index contributed by atoms with van der Waals surface area (Å²) in [7, 11) is 0. The van der Waals surface area contributed by atoms with Crippen molar-refractivity contribution in [3.05, 3.63) is 34.4 Å². The van der Waals surface area contributed by atoms with E-state index < -0.39 is 9.90 Å². The molecule has 0 radical (unpaired) electrons. The van der Waals surface area contributed by atoms with Crippen molar-refractivity contribution in [1.29, 1.82) is 0 Å². The molecule has 4 heteroatoms. The molecule has 1 aromatic rings. The van der Waals surface area contributed by atoms with E-state index in [1.54, 1.807) is 0 Å². The van der Waals surface area contributed by atoms with Gasteiger partial charge in [-0.3, -0.25) is 0 Å². The average Bonchev–Trinajstić information content (AvgIpc) is 2.08. The van der Waals surface area contributed by atoms with E-state index in [0.717, 1.165) is 16.7 Å². The molecular formula is C12H15Cl3O. The lowest BCUT2D eigenvalue weighted by Crippen LogP contribution is -2.28. The molecule has 1 N–H and O–H groups in total. The summed E-state index contributed by atoms with van der Waals surface area (Å²) in [5.41, 5.74) is 4.48. The van der Waals surface area contributed by atoms with Crippen LogP contribution in [0, 0.1) is 20.8 Å². The first-order valence-corrected chi connectivity index (χ1v) is 6.16. The first kappa shape index (κ1) is 14.1. The number of hydrogen-bond acceptors (Lipinski definition) is 1. The quantitative estimate of drug-likeness (QED) is 0.816. The molecule has 0 bridgehead atoms. The molecule has 0 amide bonds. The van der Waals surface area contributed by atoms with Crippen molar-refractivity contribution in [3.8, 4) is 0 Å². The lowest BCUT2D eigenvalue weighted by atomic mass is 9.95. The molecule has 1 rings (SSSR count). The van der Waals surface area contributed by atoms with Crippen LogP contribution in [0.4, 0.5) is 0 Å². The van der Waals surface area contributed by atoms with Gasteiger partial charge in [-0.25, -0.2) is 0 Å². The van der Waals surface area contributed by atoms with Crippen molar-refractivity contribution in [3.63, 3.8) is 0 Å². The van der Waals surface area contributed by atoms with Crippen molar-refractivity contribution >= 4 is 34.8 Å². The first-order chi connectivity index (χ1) is 7.21. The fraction of sp³-hybridized carbons (Fsp3) is 0.500. The Hall–Kier alpha value is 0.0500. The highest BCUT2D eigenvalue weighted by atomic mass is 35.6. The van der Waals surface area contributed by atoms with Crippen LogP contribution >= 0.6 is 34.8 Å². The molecule has 16 heavy (non-hydrogen) atoms. The molecule has 0 aliphatic carbocycles. The van der Waals surface area contributed by atoms with Gasteiger partial charge >= 0.3 is 0 Å². The Labute approximate surface area is 111 Å². The van der Waals surface area contributed by atoms with Gasteiger partial charge in [0.25, 0.3) is 0 Å². The molecule has 0 saturated carbocycles. The Morgan fingerprint density at radius 2 is 1.56 bits per heavy atom. The van der Waals surface area contributed by atoms with E-state index in [9.17, 15) is 5.11 Å². The highest BCUT2D eigenvalue weighted by Crippen LogP contribution is 2.33. The zero-order valence-electron chi connectivity index (χ0n) is 9.52. The third kappa shape index (κ3) is 3.53. The highest BCUT2D eigenvalue weighted by molar-refractivity contribution is 6.68. The minimum Gasteiger partial charge on any atom is -0.388 e. The molecule has 0 heterocycles. The Kier molecular flexibility index (Phi) is 4.53. The van der Waals surface area contributed by atoms with Gasteiger partial charge in [0.2, 0.25) is 3.79 Å². The fourth-order valence-corrected chi connectivity index (χ4v) is 2.07. The molecule has 1 atom stereocenters. The molecule has 1 unspecified atom stereocenters. The second-order valence-corrected chi connectivity index (χ2v) is 6.51. The van der Waals surface area contributed by atoms with E-state index >= 15 is 0 Å². The van der Waals surface area contributed by atoms with Crippen LogP contribution in [0.3, 0.4) is 0 Å². The van der Waals surface area contributed by atoms with Crippen molar-refractivity contribution < 1.29 is 5.11 Å². The zero-order valence-corrected chi connectivity index (χ0v) is 11.8. The van der Waals surface area contributed by atoms with E-state index in [2.05, 4.69) is 12.1 Å². The van der Waals surface area contributed by atoms with Gasteiger partial charge in [-0.1, -0.05) is 52.5 Å². The van der Waals surface area contributed by atoms with Crippen LogP contribution in [-0.2, 0) is 6.42 Å². The smallest absolute Gasteiger partial charge is 0.216 e. The average molecular weight is 282 g/mol. The number of alkyl halides is 3. The molecule has 1 nitrogen and oxygen atoms in total. The van der Waals surface area contributed by atoms with Crippen molar-refractivity contribution in [2.24, 2.45) is 0 Å². The minimum atomic E-state index is -1.64. The van der Waals surface area contributed by atoms with Crippen LogP contribution in [0.1, 0.15) is 22.3 Å². The van der Waals surface area contributed by atoms with Gasteiger partial charge in [-0.15, -0.1) is 0 Å². The first-order valence-electron chi connectivity index (χ1n) is 5.03. The summed E-state index contributed by atoms with van der Waals surface area (Å²) in [6.07, 6.45) is -0.633. The molecular weight excluding hydrogens is 266 g/mol. The summed E-state index contributed by atoms with van der Waals surface area (Å²) in [6.45, 7) is 6.04. The number of aliphatic hydroxyl groups excluding tert-OH is 1. The second kappa shape index (κ2) is 5.14. The van der Waals surface area contributed by atoms with E-state index in [1.165, 1.54) is 5.56 Å². The predicted octanol–water partition coefficient (Wildman–Crippen LogP) is 3.89. The fourth-order valence-electron chi connectivity index (χ4n) is 1.84. The summed E-state index contributed by atoms with van der Waals surface area (Å²) in [6, 6.07) is 4.13. The summed E-state index contributed by atoms with van der Waals surface area (Å²) < 4.78 is -1.64. The predicted molar refractivity (Wildman–Crippen MR) is 70.7 cm³/mol. The third-order valence-corrected chi connectivity index (χ3v) is 3.37. The standard InChI is InChI=1S/C12H15Cl3O/c1-7-4-8(2)10(9(3)5-7)6-11(16)12(13,14)15/h4-5,11,16H,6H2,1-3H3. The number of benzene rings is 1. The lowest BCUT2D eigenvalue weighted by molar-refractivity contribution is 0.179. The molecule has 0 aromatic heterocycles. The second-order valence-electron chi connectivity index (χ2n) is 4.14. The lowest BCUT2D eigenvalue weighted by Gasteiger charge is -2.21. The summed E-state index contributed by atoms with van der Waals surface area (Å²) in [5.74, 6) is 0. The third-order valence-electron chi connectivity index (χ3n) is 2.62. The largest absolute Gasteiger partial charge is 0.388 e. The number of aliphatic hydroxyl groups is 1. The van der Waals surface area contributed by atoms with Crippen LogP contribution in [-0.4, -0.2) is 15.0 Å². The van der Waals surface area contributed by atoms with Crippen LogP contribution in [0.5, 0.6) is 0 Å². The maximum Gasteiger partial charge on any atom is 0.216 e. The Balaban J connectivity index is 2.98. The van der Waals surface area contributed by atoms with Crippen molar-refractivity contribution in [2.75, 3.05) is 0 Å². The monoisotopic (exact) mass is 280 g/mol. The minimum absolute atomic E-state index is 0.356. The number of rotatable bonds is 2. The molecule has 0 saturated heterocycles. The maximum atomic E-state index is 9.76. The zero-order chi connectivity index (χ0) is 12.5. The Morgan fingerprint density at radius 3 is 1.94 bits per heavy atom. The van der Waals surface area contributed by atoms with Gasteiger partial charge < -0.3 is 5.11 Å². The molecule has 0 aliphatic heterocycles. The number of aryl methyl sites for hydroxylation is 3. The van der Waals surface area contributed by atoms with Gasteiger partial charge in [0.05, 0.1) is 0 Å². The van der Waals surface area contributed by atoms with Crippen molar-refractivity contribution in [1.82, 2.24) is 0 Å².